The molecule has 112 valence electrons. The van der Waals surface area contributed by atoms with E-state index >= 15 is 0 Å². The highest BCUT2D eigenvalue weighted by Gasteiger charge is 2.40. The first kappa shape index (κ1) is 16.0. The van der Waals surface area contributed by atoms with Gasteiger partial charge in [0.2, 0.25) is 11.8 Å². The summed E-state index contributed by atoms with van der Waals surface area (Å²) in [5, 5.41) is 8.15. The minimum atomic E-state index is -1.12. The average Bonchev–Trinajstić information content (AvgIpc) is 2.71. The molecule has 0 spiro atoms. The fourth-order valence-corrected chi connectivity index (χ4v) is 3.46. The number of nitrogens with two attached hydrogens (primary N) is 1. The lowest BCUT2D eigenvalue weighted by molar-refractivity contribution is -0.138. The summed E-state index contributed by atoms with van der Waals surface area (Å²) in [5.41, 5.74) is 5.91. The predicted octanol–water partition coefficient (Wildman–Crippen LogP) is 1.23. The smallest absolute Gasteiger partial charge is 0.321 e. The van der Waals surface area contributed by atoms with Gasteiger partial charge in [-0.15, -0.1) is 11.8 Å². The van der Waals surface area contributed by atoms with Crippen LogP contribution in [0.3, 0.4) is 0 Å². The van der Waals surface area contributed by atoms with Gasteiger partial charge in [-0.1, -0.05) is 12.1 Å². The molecular formula is C13H13BrN2O4S. The molecule has 0 radical (unpaired) electrons. The van der Waals surface area contributed by atoms with Crippen LogP contribution in [0.5, 0.6) is 0 Å². The molecule has 1 aliphatic rings. The number of hydrogen-bond donors (Lipinski definition) is 2. The number of anilines is 1. The van der Waals surface area contributed by atoms with Crippen LogP contribution < -0.4 is 10.6 Å². The summed E-state index contributed by atoms with van der Waals surface area (Å²) >= 11 is 4.42. The number of amides is 2. The third kappa shape index (κ3) is 3.45. The van der Waals surface area contributed by atoms with Crippen LogP contribution in [0.25, 0.3) is 0 Å². The Morgan fingerprint density at radius 2 is 2.14 bits per heavy atom. The number of imide groups is 1. The maximum absolute atomic E-state index is 12.3. The summed E-state index contributed by atoms with van der Waals surface area (Å²) in [5.74, 6) is -1.67. The second kappa shape index (κ2) is 6.59. The molecule has 1 saturated heterocycles. The zero-order valence-electron chi connectivity index (χ0n) is 10.9. The minimum Gasteiger partial charge on any atom is -0.480 e. The molecule has 2 amide bonds. The summed E-state index contributed by atoms with van der Waals surface area (Å²) in [6.45, 7) is 0. The van der Waals surface area contributed by atoms with E-state index in [2.05, 4.69) is 15.9 Å². The van der Waals surface area contributed by atoms with Crippen molar-refractivity contribution in [1.29, 1.82) is 0 Å². The number of hydrogen-bond acceptors (Lipinski definition) is 5. The Kier molecular flexibility index (Phi) is 5.02. The van der Waals surface area contributed by atoms with Gasteiger partial charge < -0.3 is 10.8 Å². The third-order valence-electron chi connectivity index (χ3n) is 2.99. The highest BCUT2D eigenvalue weighted by molar-refractivity contribution is 9.10. The van der Waals surface area contributed by atoms with Crippen molar-refractivity contribution in [3.8, 4) is 0 Å². The predicted molar refractivity (Wildman–Crippen MR) is 83.1 cm³/mol. The van der Waals surface area contributed by atoms with Crippen molar-refractivity contribution in [2.24, 2.45) is 5.73 Å². The average molecular weight is 373 g/mol. The lowest BCUT2D eigenvalue weighted by atomic mass is 10.3. The first-order valence-corrected chi connectivity index (χ1v) is 7.97. The van der Waals surface area contributed by atoms with Gasteiger partial charge in [0.1, 0.15) is 6.04 Å². The van der Waals surface area contributed by atoms with Gasteiger partial charge in [-0.25, -0.2) is 4.90 Å². The van der Waals surface area contributed by atoms with Crippen molar-refractivity contribution in [2.45, 2.75) is 17.7 Å². The normalized spacial score (nSPS) is 19.9. The van der Waals surface area contributed by atoms with E-state index in [0.29, 0.717) is 10.2 Å². The SMILES string of the molecule is N[C@@H](CS[C@@H]1CC(=O)N(c2ccccc2Br)C1=O)C(=O)O. The lowest BCUT2D eigenvalue weighted by Crippen LogP contribution is -2.35. The second-order valence-corrected chi connectivity index (χ2v) is 6.58. The number of rotatable bonds is 5. The van der Waals surface area contributed by atoms with Gasteiger partial charge in [0, 0.05) is 16.6 Å². The van der Waals surface area contributed by atoms with E-state index in [4.69, 9.17) is 10.8 Å². The highest BCUT2D eigenvalue weighted by Crippen LogP contribution is 2.33. The van der Waals surface area contributed by atoms with Gasteiger partial charge >= 0.3 is 5.97 Å². The van der Waals surface area contributed by atoms with Crippen LogP contribution in [-0.2, 0) is 14.4 Å². The number of aliphatic carboxylic acids is 1. The molecule has 0 bridgehead atoms. The minimum absolute atomic E-state index is 0.0528. The first-order valence-electron chi connectivity index (χ1n) is 6.13. The molecule has 21 heavy (non-hydrogen) atoms. The largest absolute Gasteiger partial charge is 0.480 e. The second-order valence-electron chi connectivity index (χ2n) is 4.49. The summed E-state index contributed by atoms with van der Waals surface area (Å²) < 4.78 is 0.652. The Balaban J connectivity index is 2.10. The van der Waals surface area contributed by atoms with Gasteiger partial charge in [-0.3, -0.25) is 14.4 Å². The molecule has 1 aromatic rings. The van der Waals surface area contributed by atoms with Crippen molar-refractivity contribution >= 4 is 51.2 Å². The number of nitrogens with zero attached hydrogens (tertiary/aromatic N) is 1. The molecule has 8 heteroatoms. The van der Waals surface area contributed by atoms with E-state index < -0.39 is 17.3 Å². The molecule has 6 nitrogen and oxygen atoms in total. The zero-order valence-corrected chi connectivity index (χ0v) is 13.3. The van der Waals surface area contributed by atoms with Crippen LogP contribution in [-0.4, -0.2) is 39.9 Å². The maximum atomic E-state index is 12.3. The maximum Gasteiger partial charge on any atom is 0.321 e. The molecular weight excluding hydrogens is 360 g/mol. The van der Waals surface area contributed by atoms with Gasteiger partial charge in [-0.2, -0.15) is 0 Å². The molecule has 2 rings (SSSR count). The van der Waals surface area contributed by atoms with Gasteiger partial charge in [0.15, 0.2) is 0 Å². The van der Waals surface area contributed by atoms with Crippen molar-refractivity contribution in [1.82, 2.24) is 0 Å². The number of carbonyl (C=O) groups excluding carboxylic acids is 2. The van der Waals surface area contributed by atoms with Crippen molar-refractivity contribution in [3.63, 3.8) is 0 Å². The molecule has 0 aliphatic carbocycles. The topological polar surface area (TPSA) is 101 Å². The Hall–Kier alpha value is -1.38. The summed E-state index contributed by atoms with van der Waals surface area (Å²) in [7, 11) is 0. The van der Waals surface area contributed by atoms with Crippen LogP contribution in [0.15, 0.2) is 28.7 Å². The molecule has 1 fully saturated rings. The van der Waals surface area contributed by atoms with E-state index in [1.165, 1.54) is 0 Å². The van der Waals surface area contributed by atoms with Crippen LogP contribution in [0.1, 0.15) is 6.42 Å². The van der Waals surface area contributed by atoms with Crippen LogP contribution in [0.2, 0.25) is 0 Å². The third-order valence-corrected chi connectivity index (χ3v) is 4.99. The fraction of sp³-hybridized carbons (Fsp3) is 0.308. The van der Waals surface area contributed by atoms with Crippen molar-refractivity contribution in [2.75, 3.05) is 10.7 Å². The number of carboxylic acids is 1. The van der Waals surface area contributed by atoms with E-state index in [9.17, 15) is 14.4 Å². The lowest BCUT2D eigenvalue weighted by Gasteiger charge is -2.16. The van der Waals surface area contributed by atoms with Gasteiger partial charge in [0.05, 0.1) is 10.9 Å². The van der Waals surface area contributed by atoms with Crippen molar-refractivity contribution < 1.29 is 19.5 Å². The van der Waals surface area contributed by atoms with Crippen LogP contribution >= 0.6 is 27.7 Å². The van der Waals surface area contributed by atoms with E-state index in [0.717, 1.165) is 16.7 Å². The molecule has 1 heterocycles. The highest BCUT2D eigenvalue weighted by atomic mass is 79.9. The van der Waals surface area contributed by atoms with Gasteiger partial charge in [-0.05, 0) is 28.1 Å². The molecule has 3 N–H and O–H groups in total. The number of benzene rings is 1. The van der Waals surface area contributed by atoms with Gasteiger partial charge in [0.25, 0.3) is 0 Å². The quantitative estimate of drug-likeness (QED) is 0.753. The standard InChI is InChI=1S/C13H13BrN2O4S/c14-7-3-1-2-4-9(7)16-11(17)5-10(12(16)18)21-6-8(15)13(19)20/h1-4,8,10H,5-6,15H2,(H,19,20)/t8-,10+/m0/s1. The Morgan fingerprint density at radius 1 is 1.48 bits per heavy atom. The number of thioether (sulfide) groups is 1. The Morgan fingerprint density at radius 3 is 2.76 bits per heavy atom. The number of carbonyl (C=O) groups is 3. The van der Waals surface area contributed by atoms with E-state index in [1.54, 1.807) is 24.3 Å². The monoisotopic (exact) mass is 372 g/mol. The number of carboxylic acid groups (broad SMARTS) is 1. The number of halogens is 1. The summed E-state index contributed by atoms with van der Waals surface area (Å²) in [6.07, 6.45) is 0.0528. The molecule has 0 aromatic heterocycles. The van der Waals surface area contributed by atoms with Crippen LogP contribution in [0.4, 0.5) is 5.69 Å². The number of para-hydroxylation sites is 1. The fourth-order valence-electron chi connectivity index (χ4n) is 1.91. The molecule has 2 atom stereocenters. The molecule has 1 aromatic carbocycles. The Labute approximate surface area is 133 Å². The van der Waals surface area contributed by atoms with E-state index in [-0.39, 0.29) is 24.0 Å². The van der Waals surface area contributed by atoms with Crippen molar-refractivity contribution in [3.05, 3.63) is 28.7 Å². The molecule has 1 aliphatic heterocycles. The first-order chi connectivity index (χ1) is 9.91. The zero-order chi connectivity index (χ0) is 15.6. The Bertz CT molecular complexity index is 595. The molecule has 0 unspecified atom stereocenters. The summed E-state index contributed by atoms with van der Waals surface area (Å²) in [6, 6.07) is 5.90. The van der Waals surface area contributed by atoms with Crippen LogP contribution in [0, 0.1) is 0 Å². The molecule has 0 saturated carbocycles. The summed E-state index contributed by atoms with van der Waals surface area (Å²) in [4.78, 5) is 36.2. The van der Waals surface area contributed by atoms with E-state index in [1.807, 2.05) is 0 Å².